The van der Waals surface area contributed by atoms with Crippen LogP contribution < -0.4 is 5.32 Å². The van der Waals surface area contributed by atoms with Gasteiger partial charge in [-0.2, -0.15) is 5.10 Å². The summed E-state index contributed by atoms with van der Waals surface area (Å²) in [6.07, 6.45) is 4.06. The van der Waals surface area contributed by atoms with Crippen molar-refractivity contribution in [2.75, 3.05) is 11.9 Å². The summed E-state index contributed by atoms with van der Waals surface area (Å²) in [5.41, 5.74) is 0.980. The van der Waals surface area contributed by atoms with E-state index in [9.17, 15) is 0 Å². The Bertz CT molecular complexity index is 658. The van der Waals surface area contributed by atoms with Crippen molar-refractivity contribution in [2.45, 2.75) is 6.42 Å². The molecule has 18 heavy (non-hydrogen) atoms. The standard InChI is InChI=1S/C11H12N6S/c1-17-7-15-9(16-17)2-4-12-11-10-8(3-5-18-10)13-6-14-11/h3,5-7H,2,4H2,1H3,(H,12,13,14). The molecule has 3 rings (SSSR count). The van der Waals surface area contributed by atoms with E-state index in [0.717, 1.165) is 34.8 Å². The lowest BCUT2D eigenvalue weighted by atomic mass is 10.4. The summed E-state index contributed by atoms with van der Waals surface area (Å²) in [7, 11) is 1.86. The quantitative estimate of drug-likeness (QED) is 0.769. The maximum Gasteiger partial charge on any atom is 0.152 e. The van der Waals surface area contributed by atoms with Gasteiger partial charge in [0.2, 0.25) is 0 Å². The van der Waals surface area contributed by atoms with Crippen LogP contribution in [0.25, 0.3) is 10.2 Å². The zero-order chi connectivity index (χ0) is 12.4. The van der Waals surface area contributed by atoms with Gasteiger partial charge in [-0.3, -0.25) is 4.68 Å². The molecule has 0 aromatic carbocycles. The van der Waals surface area contributed by atoms with Gasteiger partial charge in [0, 0.05) is 20.0 Å². The molecule has 0 amide bonds. The van der Waals surface area contributed by atoms with Crippen molar-refractivity contribution < 1.29 is 0 Å². The molecule has 0 saturated carbocycles. The van der Waals surface area contributed by atoms with Crippen LogP contribution in [-0.4, -0.2) is 31.3 Å². The molecule has 0 saturated heterocycles. The Kier molecular flexibility index (Phi) is 2.89. The third kappa shape index (κ3) is 2.17. The van der Waals surface area contributed by atoms with Crippen molar-refractivity contribution in [3.8, 4) is 0 Å². The Hall–Kier alpha value is -2.02. The Labute approximate surface area is 108 Å². The van der Waals surface area contributed by atoms with Crippen LogP contribution in [0.1, 0.15) is 5.82 Å². The van der Waals surface area contributed by atoms with Gasteiger partial charge in [0.15, 0.2) is 5.82 Å². The van der Waals surface area contributed by atoms with Crippen molar-refractivity contribution in [3.63, 3.8) is 0 Å². The van der Waals surface area contributed by atoms with E-state index in [2.05, 4.69) is 25.4 Å². The topological polar surface area (TPSA) is 68.5 Å². The molecular formula is C11H12N6S. The Morgan fingerprint density at radius 3 is 3.11 bits per heavy atom. The lowest BCUT2D eigenvalue weighted by Crippen LogP contribution is -2.07. The first-order valence-corrected chi connectivity index (χ1v) is 6.47. The fourth-order valence-corrected chi connectivity index (χ4v) is 2.52. The number of hydrogen-bond acceptors (Lipinski definition) is 6. The third-order valence-corrected chi connectivity index (χ3v) is 3.44. The minimum atomic E-state index is 0.758. The molecule has 0 aliphatic carbocycles. The Morgan fingerprint density at radius 1 is 1.33 bits per heavy atom. The average Bonchev–Trinajstić information content (AvgIpc) is 2.98. The number of nitrogens with zero attached hydrogens (tertiary/aromatic N) is 5. The van der Waals surface area contributed by atoms with Gasteiger partial charge in [-0.1, -0.05) is 0 Å². The number of aromatic nitrogens is 5. The molecule has 0 unspecified atom stereocenters. The van der Waals surface area contributed by atoms with Gasteiger partial charge < -0.3 is 5.32 Å². The van der Waals surface area contributed by atoms with E-state index in [-0.39, 0.29) is 0 Å². The number of thiophene rings is 1. The Morgan fingerprint density at radius 2 is 2.28 bits per heavy atom. The van der Waals surface area contributed by atoms with E-state index in [0.29, 0.717) is 0 Å². The number of nitrogens with one attached hydrogen (secondary N) is 1. The van der Waals surface area contributed by atoms with Crippen LogP contribution in [0.3, 0.4) is 0 Å². The van der Waals surface area contributed by atoms with E-state index < -0.39 is 0 Å². The van der Waals surface area contributed by atoms with Gasteiger partial charge in [-0.05, 0) is 11.4 Å². The van der Waals surface area contributed by atoms with E-state index in [1.807, 2.05) is 18.5 Å². The first-order valence-electron chi connectivity index (χ1n) is 5.59. The van der Waals surface area contributed by atoms with Gasteiger partial charge in [0.1, 0.15) is 18.5 Å². The molecule has 0 aliphatic rings. The smallest absolute Gasteiger partial charge is 0.152 e. The van der Waals surface area contributed by atoms with Gasteiger partial charge >= 0.3 is 0 Å². The molecule has 6 nitrogen and oxygen atoms in total. The summed E-state index contributed by atoms with van der Waals surface area (Å²) in [6.45, 7) is 0.758. The van der Waals surface area contributed by atoms with E-state index in [1.54, 1.807) is 28.7 Å². The summed E-state index contributed by atoms with van der Waals surface area (Å²) >= 11 is 1.64. The van der Waals surface area contributed by atoms with Gasteiger partial charge in [0.25, 0.3) is 0 Å². The van der Waals surface area contributed by atoms with Gasteiger partial charge in [-0.15, -0.1) is 11.3 Å². The van der Waals surface area contributed by atoms with Crippen molar-refractivity contribution >= 4 is 27.4 Å². The van der Waals surface area contributed by atoms with Crippen LogP contribution in [0.5, 0.6) is 0 Å². The highest BCUT2D eigenvalue weighted by Gasteiger charge is 2.04. The first kappa shape index (κ1) is 11.1. The highest BCUT2D eigenvalue weighted by atomic mass is 32.1. The van der Waals surface area contributed by atoms with Crippen molar-refractivity contribution in [1.82, 2.24) is 24.7 Å². The van der Waals surface area contributed by atoms with Crippen LogP contribution in [0.2, 0.25) is 0 Å². The normalized spacial score (nSPS) is 10.9. The van der Waals surface area contributed by atoms with Crippen LogP contribution in [0.15, 0.2) is 24.1 Å². The zero-order valence-corrected chi connectivity index (χ0v) is 10.7. The van der Waals surface area contributed by atoms with Crippen molar-refractivity contribution in [1.29, 1.82) is 0 Å². The largest absolute Gasteiger partial charge is 0.368 e. The van der Waals surface area contributed by atoms with Gasteiger partial charge in [0.05, 0.1) is 10.2 Å². The molecule has 0 radical (unpaired) electrons. The second kappa shape index (κ2) is 4.69. The molecule has 7 heteroatoms. The lowest BCUT2D eigenvalue weighted by Gasteiger charge is -2.04. The monoisotopic (exact) mass is 260 g/mol. The predicted molar refractivity (Wildman–Crippen MR) is 70.6 cm³/mol. The minimum absolute atomic E-state index is 0.758. The highest BCUT2D eigenvalue weighted by molar-refractivity contribution is 7.17. The zero-order valence-electron chi connectivity index (χ0n) is 9.87. The second-order valence-corrected chi connectivity index (χ2v) is 4.78. The summed E-state index contributed by atoms with van der Waals surface area (Å²) in [4.78, 5) is 12.6. The molecule has 3 aromatic heterocycles. The van der Waals surface area contributed by atoms with Crippen LogP contribution in [0.4, 0.5) is 5.82 Å². The minimum Gasteiger partial charge on any atom is -0.368 e. The van der Waals surface area contributed by atoms with Crippen molar-refractivity contribution in [2.24, 2.45) is 7.05 Å². The number of fused-ring (bicyclic) bond motifs is 1. The maximum atomic E-state index is 4.26. The molecule has 92 valence electrons. The number of rotatable bonds is 4. The summed E-state index contributed by atoms with van der Waals surface area (Å²) < 4.78 is 2.80. The second-order valence-electron chi connectivity index (χ2n) is 3.87. The number of hydrogen-bond donors (Lipinski definition) is 1. The maximum absolute atomic E-state index is 4.26. The summed E-state index contributed by atoms with van der Waals surface area (Å²) in [5.74, 6) is 1.72. The molecule has 0 bridgehead atoms. The molecule has 0 spiro atoms. The lowest BCUT2D eigenvalue weighted by molar-refractivity contribution is 0.742. The summed E-state index contributed by atoms with van der Waals surface area (Å²) in [6, 6.07) is 1.99. The van der Waals surface area contributed by atoms with Crippen LogP contribution >= 0.6 is 11.3 Å². The highest BCUT2D eigenvalue weighted by Crippen LogP contribution is 2.24. The van der Waals surface area contributed by atoms with Gasteiger partial charge in [-0.25, -0.2) is 15.0 Å². The summed E-state index contributed by atoms with van der Waals surface area (Å²) in [5, 5.41) is 9.55. The first-order chi connectivity index (χ1) is 8.83. The molecule has 3 heterocycles. The van der Waals surface area contributed by atoms with E-state index >= 15 is 0 Å². The fraction of sp³-hybridized carbons (Fsp3) is 0.273. The SMILES string of the molecule is Cn1cnc(CCNc2ncnc3ccsc23)n1. The van der Waals surface area contributed by atoms with E-state index in [1.165, 1.54) is 0 Å². The van der Waals surface area contributed by atoms with Crippen molar-refractivity contribution in [3.05, 3.63) is 29.9 Å². The predicted octanol–water partition coefficient (Wildman–Crippen LogP) is 1.47. The van der Waals surface area contributed by atoms with Crippen LogP contribution in [0, 0.1) is 0 Å². The third-order valence-electron chi connectivity index (χ3n) is 2.53. The molecular weight excluding hydrogens is 248 g/mol. The fourth-order valence-electron chi connectivity index (χ4n) is 1.71. The molecule has 1 N–H and O–H groups in total. The Balaban J connectivity index is 1.68. The molecule has 0 aliphatic heterocycles. The molecule has 3 aromatic rings. The van der Waals surface area contributed by atoms with Crippen LogP contribution in [-0.2, 0) is 13.5 Å². The number of aryl methyl sites for hydroxylation is 1. The molecule has 0 atom stereocenters. The average molecular weight is 260 g/mol. The number of anilines is 1. The van der Waals surface area contributed by atoms with E-state index in [4.69, 9.17) is 0 Å². The molecule has 0 fully saturated rings.